The molecule has 2 unspecified atom stereocenters. The minimum Gasteiger partial charge on any atom is -0.390 e. The van der Waals surface area contributed by atoms with E-state index in [-0.39, 0.29) is 6.61 Å². The first-order valence-electron chi connectivity index (χ1n) is 4.30. The van der Waals surface area contributed by atoms with Gasteiger partial charge in [0.05, 0.1) is 18.4 Å². The van der Waals surface area contributed by atoms with Gasteiger partial charge in [0.2, 0.25) is 0 Å². The van der Waals surface area contributed by atoms with Gasteiger partial charge in [-0.15, -0.1) is 11.3 Å². The second kappa shape index (κ2) is 5.38. The van der Waals surface area contributed by atoms with Crippen molar-refractivity contribution in [2.75, 3.05) is 6.54 Å². The van der Waals surface area contributed by atoms with Gasteiger partial charge in [0.25, 0.3) is 0 Å². The highest BCUT2D eigenvalue weighted by Gasteiger charge is 2.20. The topological polar surface area (TPSA) is 99.6 Å². The fraction of sp³-hybridized carbons (Fsp3) is 0.625. The molecule has 1 aromatic rings. The van der Waals surface area contributed by atoms with Crippen molar-refractivity contribution in [1.29, 1.82) is 0 Å². The van der Waals surface area contributed by atoms with Crippen molar-refractivity contribution in [3.05, 3.63) is 16.1 Å². The number of rotatable bonds is 5. The van der Waals surface area contributed by atoms with Crippen LogP contribution in [-0.4, -0.2) is 33.0 Å². The van der Waals surface area contributed by atoms with Crippen molar-refractivity contribution >= 4 is 11.3 Å². The van der Waals surface area contributed by atoms with E-state index in [2.05, 4.69) is 4.98 Å². The van der Waals surface area contributed by atoms with Crippen molar-refractivity contribution in [2.45, 2.75) is 25.2 Å². The molecule has 6 heteroatoms. The zero-order valence-corrected chi connectivity index (χ0v) is 8.44. The van der Waals surface area contributed by atoms with E-state index >= 15 is 0 Å². The lowest BCUT2D eigenvalue weighted by Crippen LogP contribution is -2.21. The molecule has 0 aliphatic heterocycles. The number of nitrogens with zero attached hydrogens (tertiary/aromatic N) is 1. The summed E-state index contributed by atoms with van der Waals surface area (Å²) >= 11 is 1.21. The number of hydrogen-bond donors (Lipinski definition) is 4. The predicted molar refractivity (Wildman–Crippen MR) is 52.7 cm³/mol. The van der Waals surface area contributed by atoms with Crippen LogP contribution in [0.4, 0.5) is 0 Å². The zero-order valence-electron chi connectivity index (χ0n) is 7.63. The van der Waals surface area contributed by atoms with Gasteiger partial charge in [-0.3, -0.25) is 0 Å². The molecule has 80 valence electrons. The highest BCUT2D eigenvalue weighted by Crippen LogP contribution is 2.22. The van der Waals surface area contributed by atoms with E-state index in [0.29, 0.717) is 23.7 Å². The average Bonchev–Trinajstić information content (AvgIpc) is 2.65. The molecule has 0 saturated heterocycles. The summed E-state index contributed by atoms with van der Waals surface area (Å²) in [6, 6.07) is 0. The number of aliphatic hydroxyl groups is 3. The first-order chi connectivity index (χ1) is 6.69. The Morgan fingerprint density at radius 3 is 2.71 bits per heavy atom. The van der Waals surface area contributed by atoms with Crippen LogP contribution in [0, 0.1) is 0 Å². The van der Waals surface area contributed by atoms with Crippen LogP contribution in [0.5, 0.6) is 0 Å². The monoisotopic (exact) mass is 218 g/mol. The lowest BCUT2D eigenvalue weighted by Gasteiger charge is -2.14. The van der Waals surface area contributed by atoms with Crippen LogP contribution < -0.4 is 5.73 Å². The maximum Gasteiger partial charge on any atom is 0.131 e. The molecule has 0 aromatic carbocycles. The smallest absolute Gasteiger partial charge is 0.131 e. The highest BCUT2D eigenvalue weighted by atomic mass is 32.1. The number of nitrogens with two attached hydrogens (primary N) is 1. The molecule has 5 N–H and O–H groups in total. The molecule has 5 nitrogen and oxygen atoms in total. The van der Waals surface area contributed by atoms with Crippen molar-refractivity contribution in [3.8, 4) is 0 Å². The Balaban J connectivity index is 2.63. The fourth-order valence-electron chi connectivity index (χ4n) is 1.02. The highest BCUT2D eigenvalue weighted by molar-refractivity contribution is 7.09. The standard InChI is InChI=1S/C8H14N2O3S/c9-2-1-6(12)7(13)8-10-5(3-11)4-14-8/h4,6-7,11-13H,1-3,9H2. The largest absolute Gasteiger partial charge is 0.390 e. The second-order valence-electron chi connectivity index (χ2n) is 2.92. The molecule has 0 aliphatic rings. The third-order valence-corrected chi connectivity index (χ3v) is 2.78. The van der Waals surface area contributed by atoms with E-state index in [9.17, 15) is 10.2 Å². The summed E-state index contributed by atoms with van der Waals surface area (Å²) in [6.07, 6.45) is -1.57. The van der Waals surface area contributed by atoms with Gasteiger partial charge in [-0.1, -0.05) is 0 Å². The van der Waals surface area contributed by atoms with E-state index in [4.69, 9.17) is 10.8 Å². The van der Waals surface area contributed by atoms with Crippen LogP contribution >= 0.6 is 11.3 Å². The summed E-state index contributed by atoms with van der Waals surface area (Å²) in [5.41, 5.74) is 5.75. The van der Waals surface area contributed by atoms with Gasteiger partial charge in [0, 0.05) is 5.38 Å². The lowest BCUT2D eigenvalue weighted by atomic mass is 10.1. The van der Waals surface area contributed by atoms with E-state index < -0.39 is 12.2 Å². The van der Waals surface area contributed by atoms with Crippen molar-refractivity contribution < 1.29 is 15.3 Å². The van der Waals surface area contributed by atoms with Gasteiger partial charge in [0.1, 0.15) is 11.1 Å². The number of thiazole rings is 1. The van der Waals surface area contributed by atoms with Gasteiger partial charge < -0.3 is 21.1 Å². The molecule has 0 saturated carbocycles. The van der Waals surface area contributed by atoms with Crippen molar-refractivity contribution in [3.63, 3.8) is 0 Å². The van der Waals surface area contributed by atoms with E-state index in [1.165, 1.54) is 11.3 Å². The number of hydrogen-bond acceptors (Lipinski definition) is 6. The molecule has 0 aliphatic carbocycles. The molecule has 0 bridgehead atoms. The van der Waals surface area contributed by atoms with Gasteiger partial charge in [-0.05, 0) is 13.0 Å². The predicted octanol–water partition coefficient (Wildman–Crippen LogP) is -0.621. The fourth-order valence-corrected chi connectivity index (χ4v) is 1.87. The van der Waals surface area contributed by atoms with Crippen LogP contribution in [0.3, 0.4) is 0 Å². The Morgan fingerprint density at radius 1 is 1.50 bits per heavy atom. The SMILES string of the molecule is NCCC(O)C(O)c1nc(CO)cs1. The van der Waals surface area contributed by atoms with E-state index in [1.54, 1.807) is 5.38 Å². The molecule has 1 rings (SSSR count). The molecule has 2 atom stereocenters. The number of aliphatic hydroxyl groups excluding tert-OH is 3. The Morgan fingerprint density at radius 2 is 2.21 bits per heavy atom. The first kappa shape index (κ1) is 11.5. The van der Waals surface area contributed by atoms with Crippen LogP contribution in [-0.2, 0) is 6.61 Å². The molecule has 0 fully saturated rings. The summed E-state index contributed by atoms with van der Waals surface area (Å²) in [5, 5.41) is 29.8. The van der Waals surface area contributed by atoms with Gasteiger partial charge in [0.15, 0.2) is 0 Å². The van der Waals surface area contributed by atoms with E-state index in [0.717, 1.165) is 0 Å². The molecular formula is C8H14N2O3S. The van der Waals surface area contributed by atoms with Crippen LogP contribution in [0.2, 0.25) is 0 Å². The molecule has 1 heterocycles. The quantitative estimate of drug-likeness (QED) is 0.528. The van der Waals surface area contributed by atoms with Gasteiger partial charge >= 0.3 is 0 Å². The Bertz CT molecular complexity index is 279. The summed E-state index contributed by atoms with van der Waals surface area (Å²) in [6.45, 7) is 0.159. The first-order valence-corrected chi connectivity index (χ1v) is 5.18. The minimum absolute atomic E-state index is 0.157. The maximum atomic E-state index is 9.59. The second-order valence-corrected chi connectivity index (χ2v) is 3.81. The third-order valence-electron chi connectivity index (χ3n) is 1.81. The summed E-state index contributed by atoms with van der Waals surface area (Å²) in [4.78, 5) is 3.95. The Kier molecular flexibility index (Phi) is 4.43. The van der Waals surface area contributed by atoms with Gasteiger partial charge in [-0.2, -0.15) is 0 Å². The van der Waals surface area contributed by atoms with Gasteiger partial charge in [-0.25, -0.2) is 4.98 Å². The summed E-state index contributed by atoms with van der Waals surface area (Å²) < 4.78 is 0. The number of aromatic nitrogens is 1. The molecule has 14 heavy (non-hydrogen) atoms. The molecular weight excluding hydrogens is 204 g/mol. The van der Waals surface area contributed by atoms with Crippen molar-refractivity contribution in [2.24, 2.45) is 5.73 Å². The minimum atomic E-state index is -1.01. The molecule has 0 spiro atoms. The summed E-state index contributed by atoms with van der Waals surface area (Å²) in [7, 11) is 0. The zero-order chi connectivity index (χ0) is 10.6. The normalized spacial score (nSPS) is 15.4. The molecule has 0 amide bonds. The van der Waals surface area contributed by atoms with E-state index in [1.807, 2.05) is 0 Å². The van der Waals surface area contributed by atoms with Crippen LogP contribution in [0.25, 0.3) is 0 Å². The third kappa shape index (κ3) is 2.73. The van der Waals surface area contributed by atoms with Crippen LogP contribution in [0.1, 0.15) is 23.2 Å². The molecule has 1 aromatic heterocycles. The Hall–Kier alpha value is -0.530. The van der Waals surface area contributed by atoms with Crippen LogP contribution in [0.15, 0.2) is 5.38 Å². The Labute approximate surface area is 85.8 Å². The lowest BCUT2D eigenvalue weighted by molar-refractivity contribution is 0.0147. The summed E-state index contributed by atoms with van der Waals surface area (Å²) in [5.74, 6) is 0. The average molecular weight is 218 g/mol. The molecule has 0 radical (unpaired) electrons. The van der Waals surface area contributed by atoms with Crippen molar-refractivity contribution in [1.82, 2.24) is 4.98 Å². The maximum absolute atomic E-state index is 9.59.